The number of rotatable bonds is 3. The number of amides is 1. The number of carbonyl (C=O) groups is 1. The number of anilines is 1. The Bertz CT molecular complexity index is 1010. The van der Waals surface area contributed by atoms with Crippen LogP contribution in [0.1, 0.15) is 21.5 Å². The van der Waals surface area contributed by atoms with E-state index in [-0.39, 0.29) is 11.7 Å². The molecule has 0 atom stereocenters. The number of benzene rings is 3. The first-order valence-corrected chi connectivity index (χ1v) is 9.45. The summed E-state index contributed by atoms with van der Waals surface area (Å²) < 4.78 is 13.3. The van der Waals surface area contributed by atoms with Crippen LogP contribution >= 0.6 is 11.8 Å². The number of fused-ring (bicyclic) bond motifs is 1. The van der Waals surface area contributed by atoms with Gasteiger partial charge in [-0.15, -0.1) is 11.8 Å². The maximum absolute atomic E-state index is 13.3. The van der Waals surface area contributed by atoms with E-state index in [1.165, 1.54) is 12.1 Å². The average Bonchev–Trinajstić information content (AvgIpc) is 2.96. The monoisotopic (exact) mass is 361 g/mol. The first kappa shape index (κ1) is 16.6. The van der Waals surface area contributed by atoms with Gasteiger partial charge in [-0.2, -0.15) is 0 Å². The largest absolute Gasteiger partial charge is 0.275 e. The predicted molar refractivity (Wildman–Crippen MR) is 106 cm³/mol. The molecule has 0 fully saturated rings. The molecule has 128 valence electrons. The number of hydrogen-bond donors (Lipinski definition) is 0. The molecule has 0 bridgehead atoms. The van der Waals surface area contributed by atoms with E-state index in [0.29, 0.717) is 5.56 Å². The van der Waals surface area contributed by atoms with Crippen molar-refractivity contribution in [3.8, 4) is 0 Å². The number of nitrogens with zero attached hydrogens (tertiary/aromatic N) is 1. The van der Waals surface area contributed by atoms with Crippen LogP contribution in [0.4, 0.5) is 10.1 Å². The van der Waals surface area contributed by atoms with Crippen molar-refractivity contribution in [1.82, 2.24) is 0 Å². The molecule has 1 aliphatic rings. The molecule has 0 saturated carbocycles. The topological polar surface area (TPSA) is 20.3 Å². The van der Waals surface area contributed by atoms with Gasteiger partial charge in [0.1, 0.15) is 5.82 Å². The van der Waals surface area contributed by atoms with Crippen LogP contribution in [-0.4, -0.2) is 12.2 Å². The molecule has 0 aromatic heterocycles. The van der Waals surface area contributed by atoms with E-state index in [1.807, 2.05) is 60.9 Å². The van der Waals surface area contributed by atoms with Crippen molar-refractivity contribution in [3.63, 3.8) is 0 Å². The molecule has 3 aromatic carbocycles. The minimum Gasteiger partial charge on any atom is -0.275 e. The van der Waals surface area contributed by atoms with Crippen LogP contribution in [0.25, 0.3) is 11.8 Å². The molecular weight excluding hydrogens is 345 g/mol. The molecule has 1 aliphatic heterocycles. The van der Waals surface area contributed by atoms with Crippen molar-refractivity contribution < 1.29 is 9.18 Å². The molecule has 0 aliphatic carbocycles. The Balaban J connectivity index is 1.92. The Morgan fingerprint density at radius 2 is 1.54 bits per heavy atom. The van der Waals surface area contributed by atoms with Gasteiger partial charge < -0.3 is 0 Å². The molecule has 26 heavy (non-hydrogen) atoms. The van der Waals surface area contributed by atoms with Crippen molar-refractivity contribution in [3.05, 3.63) is 95.3 Å². The standard InChI is InChI=1S/C22H16FNOS/c1-26-21-9-5-4-8-19(21)24-20(14-15-10-12-16(23)13-11-15)17-6-2-3-7-18(17)22(24)25/h2-14H,1H3. The third-order valence-electron chi connectivity index (χ3n) is 4.38. The Morgan fingerprint density at radius 1 is 0.885 bits per heavy atom. The highest BCUT2D eigenvalue weighted by Crippen LogP contribution is 2.41. The fraction of sp³-hybridized carbons (Fsp3) is 0.0455. The first-order chi connectivity index (χ1) is 12.7. The summed E-state index contributed by atoms with van der Waals surface area (Å²) in [6.07, 6.45) is 3.93. The molecule has 3 aromatic rings. The number of hydrogen-bond acceptors (Lipinski definition) is 2. The van der Waals surface area contributed by atoms with Gasteiger partial charge in [-0.3, -0.25) is 9.69 Å². The van der Waals surface area contributed by atoms with Gasteiger partial charge in [0, 0.05) is 16.0 Å². The molecule has 0 N–H and O–H groups in total. The van der Waals surface area contributed by atoms with Gasteiger partial charge in [0.15, 0.2) is 0 Å². The second kappa shape index (κ2) is 6.81. The molecule has 1 heterocycles. The fourth-order valence-corrected chi connectivity index (χ4v) is 3.74. The predicted octanol–water partition coefficient (Wildman–Crippen LogP) is 5.71. The van der Waals surface area contributed by atoms with Crippen LogP contribution in [0.15, 0.2) is 77.7 Å². The zero-order valence-corrected chi connectivity index (χ0v) is 15.0. The normalized spacial score (nSPS) is 14.8. The van der Waals surface area contributed by atoms with Gasteiger partial charge in [0.25, 0.3) is 5.91 Å². The average molecular weight is 361 g/mol. The summed E-state index contributed by atoms with van der Waals surface area (Å²) in [6.45, 7) is 0. The molecule has 0 radical (unpaired) electrons. The summed E-state index contributed by atoms with van der Waals surface area (Å²) in [5, 5.41) is 0. The van der Waals surface area contributed by atoms with Crippen LogP contribution in [0.3, 0.4) is 0 Å². The highest BCUT2D eigenvalue weighted by molar-refractivity contribution is 7.98. The molecule has 0 unspecified atom stereocenters. The lowest BCUT2D eigenvalue weighted by molar-refractivity contribution is 0.101. The van der Waals surface area contributed by atoms with Crippen LogP contribution in [0.2, 0.25) is 0 Å². The van der Waals surface area contributed by atoms with Crippen molar-refractivity contribution in [2.24, 2.45) is 0 Å². The van der Waals surface area contributed by atoms with Crippen LogP contribution < -0.4 is 4.90 Å². The van der Waals surface area contributed by atoms with Gasteiger partial charge in [0.2, 0.25) is 0 Å². The summed E-state index contributed by atoms with van der Waals surface area (Å²) in [5.74, 6) is -0.324. The minimum atomic E-state index is -0.278. The maximum atomic E-state index is 13.3. The molecular formula is C22H16FNOS. The molecule has 0 saturated heterocycles. The Kier molecular flexibility index (Phi) is 4.35. The van der Waals surface area contributed by atoms with Crippen LogP contribution in [0.5, 0.6) is 0 Å². The lowest BCUT2D eigenvalue weighted by Crippen LogP contribution is -2.22. The Morgan fingerprint density at radius 3 is 2.27 bits per heavy atom. The zero-order valence-electron chi connectivity index (χ0n) is 14.1. The van der Waals surface area contributed by atoms with Crippen molar-refractivity contribution in [1.29, 1.82) is 0 Å². The van der Waals surface area contributed by atoms with E-state index < -0.39 is 0 Å². The first-order valence-electron chi connectivity index (χ1n) is 8.23. The molecule has 0 spiro atoms. The van der Waals surface area contributed by atoms with E-state index in [9.17, 15) is 9.18 Å². The summed E-state index contributed by atoms with van der Waals surface area (Å²) >= 11 is 1.60. The lowest BCUT2D eigenvalue weighted by Gasteiger charge is -2.21. The Labute approximate surface area is 156 Å². The smallest absolute Gasteiger partial charge is 0.263 e. The van der Waals surface area contributed by atoms with Gasteiger partial charge >= 0.3 is 0 Å². The van der Waals surface area contributed by atoms with Gasteiger partial charge in [-0.05, 0) is 48.2 Å². The van der Waals surface area contributed by atoms with E-state index in [1.54, 1.807) is 28.8 Å². The third kappa shape index (κ3) is 2.82. The van der Waals surface area contributed by atoms with Crippen molar-refractivity contribution in [2.45, 2.75) is 4.90 Å². The summed E-state index contributed by atoms with van der Waals surface area (Å²) in [4.78, 5) is 15.9. The van der Waals surface area contributed by atoms with E-state index in [2.05, 4.69) is 0 Å². The van der Waals surface area contributed by atoms with Crippen LogP contribution in [0, 0.1) is 5.82 Å². The summed E-state index contributed by atoms with van der Waals surface area (Å²) in [5.41, 5.74) is 4.07. The van der Waals surface area contributed by atoms with Crippen molar-refractivity contribution in [2.75, 3.05) is 11.2 Å². The maximum Gasteiger partial charge on any atom is 0.263 e. The number of thioether (sulfide) groups is 1. The van der Waals surface area contributed by atoms with Gasteiger partial charge in [0.05, 0.1) is 11.4 Å². The third-order valence-corrected chi connectivity index (χ3v) is 5.16. The van der Waals surface area contributed by atoms with Gasteiger partial charge in [-0.25, -0.2) is 4.39 Å². The van der Waals surface area contributed by atoms with E-state index in [0.717, 1.165) is 27.4 Å². The highest BCUT2D eigenvalue weighted by atomic mass is 32.2. The second-order valence-electron chi connectivity index (χ2n) is 5.94. The Hall–Kier alpha value is -2.85. The van der Waals surface area contributed by atoms with Gasteiger partial charge in [-0.1, -0.05) is 42.5 Å². The number of carbonyl (C=O) groups excluding carboxylic acids is 1. The zero-order chi connectivity index (χ0) is 18.1. The van der Waals surface area contributed by atoms with E-state index in [4.69, 9.17) is 0 Å². The lowest BCUT2D eigenvalue weighted by atomic mass is 10.1. The second-order valence-corrected chi connectivity index (χ2v) is 6.79. The summed E-state index contributed by atoms with van der Waals surface area (Å²) in [7, 11) is 0. The number of para-hydroxylation sites is 1. The van der Waals surface area contributed by atoms with E-state index >= 15 is 0 Å². The number of halogens is 1. The van der Waals surface area contributed by atoms with Crippen molar-refractivity contribution >= 4 is 35.1 Å². The SMILES string of the molecule is CSc1ccccc1N1C(=O)c2ccccc2C1=Cc1ccc(F)cc1. The molecule has 4 rings (SSSR count). The molecule has 1 amide bonds. The molecule has 2 nitrogen and oxygen atoms in total. The summed E-state index contributed by atoms with van der Waals surface area (Å²) in [6, 6.07) is 21.7. The van der Waals surface area contributed by atoms with Crippen LogP contribution in [-0.2, 0) is 0 Å². The highest BCUT2D eigenvalue weighted by Gasteiger charge is 2.34. The minimum absolute atomic E-state index is 0.0459. The molecule has 4 heteroatoms. The quantitative estimate of drug-likeness (QED) is 0.557. The fourth-order valence-electron chi connectivity index (χ4n) is 3.16.